The van der Waals surface area contributed by atoms with Crippen molar-refractivity contribution in [1.82, 2.24) is 0 Å². The van der Waals surface area contributed by atoms with E-state index in [9.17, 15) is 4.79 Å². The lowest BCUT2D eigenvalue weighted by atomic mass is 9.91. The van der Waals surface area contributed by atoms with Crippen LogP contribution in [0, 0.1) is 11.8 Å². The topological polar surface area (TPSA) is 63.3 Å². The predicted molar refractivity (Wildman–Crippen MR) is 67.2 cm³/mol. The Hall–Kier alpha value is -0.830. The Morgan fingerprint density at radius 3 is 2.62 bits per heavy atom. The minimum Gasteiger partial charge on any atom is -0.481 e. The Bertz CT molecular complexity index is 214. The van der Waals surface area contributed by atoms with Gasteiger partial charge in [0.2, 0.25) is 0 Å². The van der Waals surface area contributed by atoms with Crippen LogP contribution < -0.4 is 5.73 Å². The number of aliphatic carboxylic acids is 1. The highest BCUT2D eigenvalue weighted by Gasteiger charge is 2.14. The molecule has 0 aromatic rings. The number of hydrogen-bond donors (Lipinski definition) is 2. The molecule has 0 bridgehead atoms. The van der Waals surface area contributed by atoms with Gasteiger partial charge in [0, 0.05) is 6.42 Å². The number of carboxylic acids is 1. The maximum atomic E-state index is 10.6. The molecule has 0 amide bonds. The molecule has 0 aromatic heterocycles. The summed E-state index contributed by atoms with van der Waals surface area (Å²) >= 11 is 0. The van der Waals surface area contributed by atoms with Crippen LogP contribution in [0.15, 0.2) is 12.2 Å². The number of rotatable bonds is 9. The van der Waals surface area contributed by atoms with Crippen LogP contribution in [0.2, 0.25) is 0 Å². The van der Waals surface area contributed by atoms with E-state index in [0.29, 0.717) is 12.5 Å². The molecule has 3 heteroatoms. The van der Waals surface area contributed by atoms with Crippen LogP contribution in [-0.2, 0) is 4.79 Å². The standard InChI is InChI=1S/C13H25NO2/c1-3-4-5-6-7-11(2)8-12(10-14)9-13(15)16/h5-6,11-12H,3-4,7-10,14H2,1-2H3,(H,15,16). The molecule has 94 valence electrons. The quantitative estimate of drug-likeness (QED) is 0.595. The van der Waals surface area contributed by atoms with Gasteiger partial charge in [0.15, 0.2) is 0 Å². The molecule has 0 saturated heterocycles. The molecular formula is C13H25NO2. The molecule has 0 aromatic carbocycles. The van der Waals surface area contributed by atoms with Crippen LogP contribution in [0.4, 0.5) is 0 Å². The van der Waals surface area contributed by atoms with Gasteiger partial charge in [0.1, 0.15) is 0 Å². The summed E-state index contributed by atoms with van der Waals surface area (Å²) in [5.41, 5.74) is 5.56. The van der Waals surface area contributed by atoms with Crippen molar-refractivity contribution in [1.29, 1.82) is 0 Å². The maximum absolute atomic E-state index is 10.6. The highest BCUT2D eigenvalue weighted by Crippen LogP contribution is 2.18. The van der Waals surface area contributed by atoms with Crippen LogP contribution in [0.25, 0.3) is 0 Å². The van der Waals surface area contributed by atoms with Crippen LogP contribution in [0.5, 0.6) is 0 Å². The summed E-state index contributed by atoms with van der Waals surface area (Å²) in [5.74, 6) is -0.114. The van der Waals surface area contributed by atoms with E-state index >= 15 is 0 Å². The Morgan fingerprint density at radius 2 is 2.12 bits per heavy atom. The zero-order chi connectivity index (χ0) is 12.4. The van der Waals surface area contributed by atoms with Crippen LogP contribution >= 0.6 is 0 Å². The van der Waals surface area contributed by atoms with E-state index in [0.717, 1.165) is 19.3 Å². The number of carbonyl (C=O) groups is 1. The van der Waals surface area contributed by atoms with Gasteiger partial charge in [0.05, 0.1) is 0 Å². The molecule has 0 rings (SSSR count). The average Bonchev–Trinajstić information content (AvgIpc) is 2.23. The third-order valence-electron chi connectivity index (χ3n) is 2.69. The van der Waals surface area contributed by atoms with Crippen molar-refractivity contribution in [2.45, 2.75) is 46.0 Å². The fourth-order valence-electron chi connectivity index (χ4n) is 1.79. The van der Waals surface area contributed by atoms with Crippen molar-refractivity contribution < 1.29 is 9.90 Å². The monoisotopic (exact) mass is 227 g/mol. The van der Waals surface area contributed by atoms with Crippen LogP contribution in [-0.4, -0.2) is 17.6 Å². The zero-order valence-corrected chi connectivity index (χ0v) is 10.5. The Balaban J connectivity index is 3.81. The van der Waals surface area contributed by atoms with Gasteiger partial charge < -0.3 is 10.8 Å². The number of unbranched alkanes of at least 4 members (excludes halogenated alkanes) is 1. The Kier molecular flexibility index (Phi) is 8.91. The summed E-state index contributed by atoms with van der Waals surface area (Å²) in [5, 5.41) is 8.70. The minimum atomic E-state index is -0.746. The first-order valence-corrected chi connectivity index (χ1v) is 6.17. The summed E-state index contributed by atoms with van der Waals surface area (Å²) < 4.78 is 0. The highest BCUT2D eigenvalue weighted by molar-refractivity contribution is 5.67. The van der Waals surface area contributed by atoms with E-state index in [2.05, 4.69) is 26.0 Å². The molecule has 0 aliphatic carbocycles. The molecule has 0 heterocycles. The van der Waals surface area contributed by atoms with E-state index in [1.54, 1.807) is 0 Å². The fraction of sp³-hybridized carbons (Fsp3) is 0.769. The van der Waals surface area contributed by atoms with E-state index in [-0.39, 0.29) is 12.3 Å². The predicted octanol–water partition coefficient (Wildman–Crippen LogP) is 2.81. The maximum Gasteiger partial charge on any atom is 0.303 e. The van der Waals surface area contributed by atoms with Crippen molar-refractivity contribution in [3.63, 3.8) is 0 Å². The van der Waals surface area contributed by atoms with Crippen molar-refractivity contribution in [2.75, 3.05) is 6.54 Å². The number of allylic oxidation sites excluding steroid dienone is 2. The molecule has 0 aliphatic rings. The van der Waals surface area contributed by atoms with Crippen LogP contribution in [0.1, 0.15) is 46.0 Å². The molecule has 0 saturated carbocycles. The molecule has 2 unspecified atom stereocenters. The van der Waals surface area contributed by atoms with Gasteiger partial charge in [-0.05, 0) is 37.6 Å². The van der Waals surface area contributed by atoms with Gasteiger partial charge in [-0.15, -0.1) is 0 Å². The van der Waals surface area contributed by atoms with E-state index in [1.807, 2.05) is 0 Å². The number of carboxylic acid groups (broad SMARTS) is 1. The van der Waals surface area contributed by atoms with E-state index < -0.39 is 5.97 Å². The van der Waals surface area contributed by atoms with Gasteiger partial charge in [0.25, 0.3) is 0 Å². The van der Waals surface area contributed by atoms with Crippen molar-refractivity contribution in [3.8, 4) is 0 Å². The SMILES string of the molecule is CCCC=CCC(C)CC(CN)CC(=O)O. The summed E-state index contributed by atoms with van der Waals surface area (Å²) in [7, 11) is 0. The average molecular weight is 227 g/mol. The Labute approximate surface area is 98.7 Å². The first-order chi connectivity index (χ1) is 7.60. The molecule has 0 fully saturated rings. The zero-order valence-electron chi connectivity index (χ0n) is 10.5. The lowest BCUT2D eigenvalue weighted by molar-refractivity contribution is -0.138. The second-order valence-electron chi connectivity index (χ2n) is 4.54. The third-order valence-corrected chi connectivity index (χ3v) is 2.69. The summed E-state index contributed by atoms with van der Waals surface area (Å²) in [6, 6.07) is 0. The van der Waals surface area contributed by atoms with Crippen molar-refractivity contribution >= 4 is 5.97 Å². The molecular weight excluding hydrogens is 202 g/mol. The van der Waals surface area contributed by atoms with Gasteiger partial charge in [-0.2, -0.15) is 0 Å². The lowest BCUT2D eigenvalue weighted by Crippen LogP contribution is -2.20. The van der Waals surface area contributed by atoms with Crippen LogP contribution in [0.3, 0.4) is 0 Å². The molecule has 3 nitrogen and oxygen atoms in total. The normalized spacial score (nSPS) is 15.2. The van der Waals surface area contributed by atoms with Gasteiger partial charge >= 0.3 is 5.97 Å². The molecule has 0 aliphatic heterocycles. The summed E-state index contributed by atoms with van der Waals surface area (Å²) in [6.45, 7) is 4.78. The first-order valence-electron chi connectivity index (χ1n) is 6.17. The molecule has 2 atom stereocenters. The van der Waals surface area contributed by atoms with Crippen molar-refractivity contribution in [2.24, 2.45) is 17.6 Å². The molecule has 16 heavy (non-hydrogen) atoms. The lowest BCUT2D eigenvalue weighted by Gasteiger charge is -2.16. The molecule has 0 radical (unpaired) electrons. The van der Waals surface area contributed by atoms with E-state index in [1.165, 1.54) is 6.42 Å². The fourth-order valence-corrected chi connectivity index (χ4v) is 1.79. The number of nitrogens with two attached hydrogens (primary N) is 1. The van der Waals surface area contributed by atoms with Crippen molar-refractivity contribution in [3.05, 3.63) is 12.2 Å². The number of hydrogen-bond acceptors (Lipinski definition) is 2. The summed E-state index contributed by atoms with van der Waals surface area (Å²) in [4.78, 5) is 10.6. The second kappa shape index (κ2) is 9.40. The van der Waals surface area contributed by atoms with Gasteiger partial charge in [-0.1, -0.05) is 32.4 Å². The molecule has 0 spiro atoms. The van der Waals surface area contributed by atoms with Gasteiger partial charge in [-0.25, -0.2) is 0 Å². The van der Waals surface area contributed by atoms with E-state index in [4.69, 9.17) is 10.8 Å². The first kappa shape index (κ1) is 15.2. The third kappa shape index (κ3) is 8.48. The summed E-state index contributed by atoms with van der Waals surface area (Å²) in [6.07, 6.45) is 8.82. The van der Waals surface area contributed by atoms with Gasteiger partial charge in [-0.3, -0.25) is 4.79 Å². The Morgan fingerprint density at radius 1 is 1.44 bits per heavy atom. The minimum absolute atomic E-state index is 0.118. The second-order valence-corrected chi connectivity index (χ2v) is 4.54. The smallest absolute Gasteiger partial charge is 0.303 e. The molecule has 3 N–H and O–H groups in total. The largest absolute Gasteiger partial charge is 0.481 e. The highest BCUT2D eigenvalue weighted by atomic mass is 16.4.